The van der Waals surface area contributed by atoms with Crippen molar-refractivity contribution in [2.75, 3.05) is 44.8 Å². The molecule has 2 saturated heterocycles. The molecule has 0 spiro atoms. The van der Waals surface area contributed by atoms with Crippen LogP contribution in [0.1, 0.15) is 18.2 Å². The maximum absolute atomic E-state index is 10.8. The summed E-state index contributed by atoms with van der Waals surface area (Å²) >= 11 is 1.50. The summed E-state index contributed by atoms with van der Waals surface area (Å²) in [5, 5.41) is 21.1. The van der Waals surface area contributed by atoms with E-state index in [-0.39, 0.29) is 6.10 Å². The lowest BCUT2D eigenvalue weighted by molar-refractivity contribution is -0.0601. The molecule has 0 aromatic carbocycles. The summed E-state index contributed by atoms with van der Waals surface area (Å²) in [7, 11) is 1.88. The summed E-state index contributed by atoms with van der Waals surface area (Å²) in [5.41, 5.74) is 3.28. The van der Waals surface area contributed by atoms with Gasteiger partial charge in [0.15, 0.2) is 0 Å². The van der Waals surface area contributed by atoms with Crippen molar-refractivity contribution >= 4 is 33.3 Å². The number of fused-ring (bicyclic) bond motifs is 1. The zero-order chi connectivity index (χ0) is 23.8. The van der Waals surface area contributed by atoms with Crippen molar-refractivity contribution in [3.8, 4) is 11.6 Å². The third kappa shape index (κ3) is 4.62. The van der Waals surface area contributed by atoms with Gasteiger partial charge in [-0.25, -0.2) is 4.98 Å². The van der Waals surface area contributed by atoms with Gasteiger partial charge in [0.05, 0.1) is 48.8 Å². The molecule has 35 heavy (non-hydrogen) atoms. The van der Waals surface area contributed by atoms with Gasteiger partial charge in [-0.15, -0.1) is 11.3 Å². The van der Waals surface area contributed by atoms with E-state index in [0.29, 0.717) is 51.3 Å². The maximum atomic E-state index is 10.8. The van der Waals surface area contributed by atoms with Gasteiger partial charge < -0.3 is 29.2 Å². The van der Waals surface area contributed by atoms with Gasteiger partial charge in [-0.1, -0.05) is 0 Å². The Morgan fingerprint density at radius 3 is 2.89 bits per heavy atom. The lowest BCUT2D eigenvalue weighted by Gasteiger charge is -2.30. The highest BCUT2D eigenvalue weighted by Crippen LogP contribution is 2.33. The minimum Gasteiger partial charge on any atom is -0.470 e. The topological polar surface area (TPSA) is 112 Å². The fraction of sp³-hybridized carbons (Fsp3) is 0.435. The number of anilines is 2. The quantitative estimate of drug-likeness (QED) is 0.398. The molecule has 12 heteroatoms. The van der Waals surface area contributed by atoms with Crippen molar-refractivity contribution in [2.24, 2.45) is 7.05 Å². The molecule has 0 aliphatic carbocycles. The minimum absolute atomic E-state index is 0.0600. The molecule has 0 radical (unpaired) electrons. The van der Waals surface area contributed by atoms with E-state index in [1.807, 2.05) is 46.4 Å². The summed E-state index contributed by atoms with van der Waals surface area (Å²) < 4.78 is 20.9. The summed E-state index contributed by atoms with van der Waals surface area (Å²) in [6, 6.07) is 3.87. The van der Waals surface area contributed by atoms with E-state index in [1.165, 1.54) is 11.3 Å². The van der Waals surface area contributed by atoms with Crippen LogP contribution in [-0.2, 0) is 16.5 Å². The molecule has 4 aromatic rings. The van der Waals surface area contributed by atoms with Crippen molar-refractivity contribution < 1.29 is 19.3 Å². The van der Waals surface area contributed by atoms with Crippen LogP contribution in [0.3, 0.4) is 0 Å². The Morgan fingerprint density at radius 2 is 2.11 bits per heavy atom. The Hall–Kier alpha value is -3.03. The predicted molar refractivity (Wildman–Crippen MR) is 130 cm³/mol. The standard InChI is InChI=1S/C23H27N7O4S/c1-28-12-16(11-24-28)30-4-2-18-20(30)21(34-17-3-7-33-13-17)27-23(25-18)26-19-10-15(14-35-19)22(31)29-5-8-32-9-6-29/h2,4,10-12,14,17,22,31H,3,5-9,13H2,1H3,(H,25,26,27)/t17-,22?/m0/s1. The molecule has 2 aliphatic heterocycles. The molecule has 2 fully saturated rings. The van der Waals surface area contributed by atoms with Crippen LogP contribution < -0.4 is 10.1 Å². The molecule has 4 aromatic heterocycles. The first-order valence-electron chi connectivity index (χ1n) is 11.6. The van der Waals surface area contributed by atoms with Gasteiger partial charge in [0.25, 0.3) is 0 Å². The van der Waals surface area contributed by atoms with Gasteiger partial charge in [0.2, 0.25) is 11.8 Å². The smallest absolute Gasteiger partial charge is 0.244 e. The van der Waals surface area contributed by atoms with Crippen LogP contribution in [0.4, 0.5) is 10.9 Å². The molecule has 1 unspecified atom stereocenters. The molecule has 6 rings (SSSR count). The minimum atomic E-state index is -0.663. The van der Waals surface area contributed by atoms with Gasteiger partial charge in [0.1, 0.15) is 17.8 Å². The third-order valence-electron chi connectivity index (χ3n) is 6.18. The number of nitrogens with zero attached hydrogens (tertiary/aromatic N) is 6. The van der Waals surface area contributed by atoms with Crippen molar-refractivity contribution in [3.05, 3.63) is 41.7 Å². The summed E-state index contributed by atoms with van der Waals surface area (Å²) in [4.78, 5) is 11.5. The second kappa shape index (κ2) is 9.55. The number of aromatic nitrogens is 5. The van der Waals surface area contributed by atoms with Crippen LogP contribution in [0, 0.1) is 0 Å². The number of hydrogen-bond acceptors (Lipinski definition) is 10. The number of rotatable bonds is 7. The average molecular weight is 498 g/mol. The van der Waals surface area contributed by atoms with Gasteiger partial charge >= 0.3 is 0 Å². The van der Waals surface area contributed by atoms with Crippen LogP contribution in [0.25, 0.3) is 16.7 Å². The van der Waals surface area contributed by atoms with E-state index in [4.69, 9.17) is 24.2 Å². The highest BCUT2D eigenvalue weighted by Gasteiger charge is 2.24. The monoisotopic (exact) mass is 497 g/mol. The van der Waals surface area contributed by atoms with Crippen LogP contribution in [-0.4, -0.2) is 79.9 Å². The lowest BCUT2D eigenvalue weighted by atomic mass is 10.2. The number of aliphatic hydroxyl groups excluding tert-OH is 1. The maximum Gasteiger partial charge on any atom is 0.244 e. The third-order valence-corrected chi connectivity index (χ3v) is 7.05. The number of ether oxygens (including phenoxy) is 3. The molecule has 0 amide bonds. The average Bonchev–Trinajstić information content (AvgIpc) is 3.67. The molecular weight excluding hydrogens is 470 g/mol. The number of hydrogen-bond donors (Lipinski definition) is 2. The highest BCUT2D eigenvalue weighted by molar-refractivity contribution is 7.14. The molecule has 0 bridgehead atoms. The Labute approximate surface area is 205 Å². The van der Waals surface area contributed by atoms with E-state index in [9.17, 15) is 5.11 Å². The molecule has 2 aliphatic rings. The van der Waals surface area contributed by atoms with Crippen molar-refractivity contribution in [1.29, 1.82) is 0 Å². The van der Waals surface area contributed by atoms with Gasteiger partial charge in [0, 0.05) is 49.9 Å². The first kappa shape index (κ1) is 22.4. The number of aliphatic hydroxyl groups is 1. The van der Waals surface area contributed by atoms with Crippen molar-refractivity contribution in [1.82, 2.24) is 29.2 Å². The second-order valence-corrected chi connectivity index (χ2v) is 9.55. The fourth-order valence-electron chi connectivity index (χ4n) is 4.36. The van der Waals surface area contributed by atoms with E-state index in [2.05, 4.69) is 10.4 Å². The molecule has 6 heterocycles. The molecule has 0 saturated carbocycles. The van der Waals surface area contributed by atoms with Gasteiger partial charge in [-0.05, 0) is 12.1 Å². The van der Waals surface area contributed by atoms with Gasteiger partial charge in [-0.3, -0.25) is 9.58 Å². The SMILES string of the molecule is Cn1cc(-n2ccc3nc(Nc4cc(C(O)N5CCOCC5)cs4)nc(O[C@H]4CCOC4)c32)cn1. The first-order valence-corrected chi connectivity index (χ1v) is 12.5. The largest absolute Gasteiger partial charge is 0.470 e. The van der Waals surface area contributed by atoms with Gasteiger partial charge in [-0.2, -0.15) is 10.1 Å². The number of morpholine rings is 1. The van der Waals surface area contributed by atoms with Crippen LogP contribution >= 0.6 is 11.3 Å². The normalized spacial score (nSPS) is 19.9. The first-order chi connectivity index (χ1) is 17.1. The lowest BCUT2D eigenvalue weighted by Crippen LogP contribution is -2.38. The van der Waals surface area contributed by atoms with Crippen molar-refractivity contribution in [3.63, 3.8) is 0 Å². The zero-order valence-electron chi connectivity index (χ0n) is 19.3. The second-order valence-electron chi connectivity index (χ2n) is 8.64. The summed E-state index contributed by atoms with van der Waals surface area (Å²) in [6.07, 6.45) is 5.76. The number of aryl methyl sites for hydroxylation is 1. The zero-order valence-corrected chi connectivity index (χ0v) is 20.1. The van der Waals surface area contributed by atoms with E-state index < -0.39 is 6.23 Å². The molecule has 11 nitrogen and oxygen atoms in total. The van der Waals surface area contributed by atoms with Crippen LogP contribution in [0.15, 0.2) is 36.1 Å². The number of thiophene rings is 1. The van der Waals surface area contributed by atoms with Crippen LogP contribution in [0.2, 0.25) is 0 Å². The summed E-state index contributed by atoms with van der Waals surface area (Å²) in [5.74, 6) is 0.927. The predicted octanol–water partition coefficient (Wildman–Crippen LogP) is 2.45. The Morgan fingerprint density at radius 1 is 1.23 bits per heavy atom. The van der Waals surface area contributed by atoms with E-state index in [1.54, 1.807) is 10.9 Å². The van der Waals surface area contributed by atoms with Crippen molar-refractivity contribution in [2.45, 2.75) is 18.8 Å². The Kier molecular flexibility index (Phi) is 6.12. The molecule has 2 atom stereocenters. The summed E-state index contributed by atoms with van der Waals surface area (Å²) in [6.45, 7) is 3.89. The molecule has 2 N–H and O–H groups in total. The Balaban J connectivity index is 1.30. The molecular formula is C23H27N7O4S. The molecule has 184 valence electrons. The van der Waals surface area contributed by atoms with E-state index >= 15 is 0 Å². The Bertz CT molecular complexity index is 1310. The highest BCUT2D eigenvalue weighted by atomic mass is 32.1. The van der Waals surface area contributed by atoms with E-state index in [0.717, 1.165) is 33.7 Å². The number of nitrogens with one attached hydrogen (secondary N) is 1. The fourth-order valence-corrected chi connectivity index (χ4v) is 5.16. The van der Waals surface area contributed by atoms with Crippen LogP contribution in [0.5, 0.6) is 5.88 Å².